The van der Waals surface area contributed by atoms with Crippen LogP contribution in [0.5, 0.6) is 5.75 Å². The van der Waals surface area contributed by atoms with E-state index in [1.54, 1.807) is 12.1 Å². The lowest BCUT2D eigenvalue weighted by Gasteiger charge is -2.09. The molecular weight excluding hydrogens is 306 g/mol. The molecular formula is C16H18ClNO2S. The summed E-state index contributed by atoms with van der Waals surface area (Å²) in [6, 6.07) is 9.29. The van der Waals surface area contributed by atoms with Crippen LogP contribution in [0.2, 0.25) is 5.02 Å². The molecule has 0 radical (unpaired) electrons. The maximum atomic E-state index is 12.0. The van der Waals surface area contributed by atoms with E-state index in [-0.39, 0.29) is 11.9 Å². The quantitative estimate of drug-likeness (QED) is 0.849. The van der Waals surface area contributed by atoms with E-state index >= 15 is 0 Å². The van der Waals surface area contributed by atoms with Crippen LogP contribution in [-0.2, 0) is 6.61 Å². The number of benzene rings is 1. The molecule has 1 heterocycles. The zero-order valence-corrected chi connectivity index (χ0v) is 13.6. The van der Waals surface area contributed by atoms with E-state index in [9.17, 15) is 4.79 Å². The van der Waals surface area contributed by atoms with Gasteiger partial charge in [0.1, 0.15) is 12.4 Å². The maximum absolute atomic E-state index is 12.0. The van der Waals surface area contributed by atoms with Crippen molar-refractivity contribution in [2.24, 2.45) is 0 Å². The van der Waals surface area contributed by atoms with E-state index in [1.165, 1.54) is 11.3 Å². The number of carbonyl (C=O) groups excluding carboxylic acids is 1. The zero-order chi connectivity index (χ0) is 15.2. The third-order valence-corrected chi connectivity index (χ3v) is 4.32. The highest BCUT2D eigenvalue weighted by Crippen LogP contribution is 2.19. The van der Waals surface area contributed by atoms with E-state index in [0.29, 0.717) is 16.5 Å². The molecule has 3 nitrogen and oxygen atoms in total. The molecule has 112 valence electrons. The van der Waals surface area contributed by atoms with Gasteiger partial charge in [-0.15, -0.1) is 11.3 Å². The Balaban J connectivity index is 1.91. The molecule has 2 rings (SSSR count). The fourth-order valence-electron chi connectivity index (χ4n) is 1.66. The molecule has 0 aliphatic carbocycles. The van der Waals surface area contributed by atoms with E-state index in [2.05, 4.69) is 5.32 Å². The monoisotopic (exact) mass is 323 g/mol. The van der Waals surface area contributed by atoms with E-state index in [1.807, 2.05) is 37.4 Å². The van der Waals surface area contributed by atoms with Gasteiger partial charge in [0.15, 0.2) is 0 Å². The van der Waals surface area contributed by atoms with Crippen LogP contribution in [0.1, 0.15) is 35.5 Å². The Morgan fingerprint density at radius 1 is 1.38 bits per heavy atom. The minimum absolute atomic E-state index is 0.0212. The molecule has 1 amide bonds. The summed E-state index contributed by atoms with van der Waals surface area (Å²) < 4.78 is 5.66. The Morgan fingerprint density at radius 3 is 2.76 bits per heavy atom. The molecule has 0 aliphatic rings. The third-order valence-electron chi connectivity index (χ3n) is 3.09. The van der Waals surface area contributed by atoms with Crippen molar-refractivity contribution in [3.63, 3.8) is 0 Å². The van der Waals surface area contributed by atoms with Gasteiger partial charge in [0.05, 0.1) is 4.88 Å². The summed E-state index contributed by atoms with van der Waals surface area (Å²) in [6.45, 7) is 4.48. The fraction of sp³-hybridized carbons (Fsp3) is 0.312. The molecule has 2 aromatic rings. The normalized spacial score (nSPS) is 12.0. The summed E-state index contributed by atoms with van der Waals surface area (Å²) in [6.07, 6.45) is 0.920. The Bertz CT molecular complexity index is 595. The SMILES string of the molecule is CCC(C)NC(=O)c1cc(COc2ccc(Cl)cc2)cs1. The first-order valence-corrected chi connectivity index (χ1v) is 8.11. The lowest BCUT2D eigenvalue weighted by Crippen LogP contribution is -2.31. The van der Waals surface area contributed by atoms with Crippen LogP contribution >= 0.6 is 22.9 Å². The second kappa shape index (κ2) is 7.48. The molecule has 0 aliphatic heterocycles. The molecule has 5 heteroatoms. The average molecular weight is 324 g/mol. The number of amides is 1. The van der Waals surface area contributed by atoms with Crippen LogP contribution in [0, 0.1) is 0 Å². The summed E-state index contributed by atoms with van der Waals surface area (Å²) in [4.78, 5) is 12.7. The minimum Gasteiger partial charge on any atom is -0.489 e. The Kier molecular flexibility index (Phi) is 5.65. The smallest absolute Gasteiger partial charge is 0.261 e. The van der Waals surface area contributed by atoms with Crippen LogP contribution < -0.4 is 10.1 Å². The van der Waals surface area contributed by atoms with Crippen molar-refractivity contribution in [3.05, 3.63) is 51.2 Å². The molecule has 0 saturated carbocycles. The molecule has 1 N–H and O–H groups in total. The molecule has 1 unspecified atom stereocenters. The fourth-order valence-corrected chi connectivity index (χ4v) is 2.59. The lowest BCUT2D eigenvalue weighted by molar-refractivity contribution is 0.0943. The molecule has 0 saturated heterocycles. The summed E-state index contributed by atoms with van der Waals surface area (Å²) in [5.74, 6) is 0.739. The van der Waals surface area contributed by atoms with Crippen LogP contribution in [0.15, 0.2) is 35.7 Å². The van der Waals surface area contributed by atoms with Gasteiger partial charge in [-0.3, -0.25) is 4.79 Å². The van der Waals surface area contributed by atoms with E-state index in [0.717, 1.165) is 17.7 Å². The largest absolute Gasteiger partial charge is 0.489 e. The molecule has 0 spiro atoms. The number of ether oxygens (including phenoxy) is 1. The second-order valence-electron chi connectivity index (χ2n) is 4.84. The Hall–Kier alpha value is -1.52. The van der Waals surface area contributed by atoms with Crippen LogP contribution in [-0.4, -0.2) is 11.9 Å². The predicted octanol–water partition coefficient (Wildman–Crippen LogP) is 4.51. The van der Waals surface area contributed by atoms with Gasteiger partial charge < -0.3 is 10.1 Å². The van der Waals surface area contributed by atoms with Gasteiger partial charge in [0, 0.05) is 16.6 Å². The minimum atomic E-state index is -0.0212. The van der Waals surface area contributed by atoms with Crippen LogP contribution in [0.3, 0.4) is 0 Å². The van der Waals surface area contributed by atoms with Crippen molar-refractivity contribution in [3.8, 4) is 5.75 Å². The van der Waals surface area contributed by atoms with Gasteiger partial charge in [0.25, 0.3) is 5.91 Å². The molecule has 1 aromatic heterocycles. The van der Waals surface area contributed by atoms with Crippen molar-refractivity contribution in [1.29, 1.82) is 0 Å². The summed E-state index contributed by atoms with van der Waals surface area (Å²) in [7, 11) is 0. The van der Waals surface area contributed by atoms with Crippen molar-refractivity contribution >= 4 is 28.8 Å². The Labute approximate surface area is 133 Å². The van der Waals surface area contributed by atoms with Gasteiger partial charge >= 0.3 is 0 Å². The van der Waals surface area contributed by atoms with Gasteiger partial charge in [0.2, 0.25) is 0 Å². The standard InChI is InChI=1S/C16H18ClNO2S/c1-3-11(2)18-16(19)15-8-12(10-21-15)9-20-14-6-4-13(17)5-7-14/h4-8,10-11H,3,9H2,1-2H3,(H,18,19). The van der Waals surface area contributed by atoms with Crippen molar-refractivity contribution in [2.75, 3.05) is 0 Å². The van der Waals surface area contributed by atoms with Gasteiger partial charge in [-0.05, 0) is 49.1 Å². The lowest BCUT2D eigenvalue weighted by atomic mass is 10.2. The number of nitrogens with one attached hydrogen (secondary N) is 1. The van der Waals surface area contributed by atoms with Crippen molar-refractivity contribution in [1.82, 2.24) is 5.32 Å². The number of carbonyl (C=O) groups is 1. The number of hydrogen-bond acceptors (Lipinski definition) is 3. The topological polar surface area (TPSA) is 38.3 Å². The van der Waals surface area contributed by atoms with Crippen LogP contribution in [0.4, 0.5) is 0 Å². The van der Waals surface area contributed by atoms with E-state index in [4.69, 9.17) is 16.3 Å². The van der Waals surface area contributed by atoms with Crippen molar-refractivity contribution < 1.29 is 9.53 Å². The molecule has 1 atom stereocenters. The maximum Gasteiger partial charge on any atom is 0.261 e. The Morgan fingerprint density at radius 2 is 2.10 bits per heavy atom. The number of halogens is 1. The summed E-state index contributed by atoms with van der Waals surface area (Å²) in [5.41, 5.74) is 0.990. The van der Waals surface area contributed by atoms with E-state index < -0.39 is 0 Å². The zero-order valence-electron chi connectivity index (χ0n) is 12.1. The van der Waals surface area contributed by atoms with Gasteiger partial charge in [-0.1, -0.05) is 18.5 Å². The van der Waals surface area contributed by atoms with Gasteiger partial charge in [-0.25, -0.2) is 0 Å². The first-order chi connectivity index (χ1) is 10.1. The highest BCUT2D eigenvalue weighted by Gasteiger charge is 2.11. The molecule has 1 aromatic carbocycles. The average Bonchev–Trinajstić information content (AvgIpc) is 2.95. The first kappa shape index (κ1) is 15.9. The highest BCUT2D eigenvalue weighted by atomic mass is 35.5. The number of hydrogen-bond donors (Lipinski definition) is 1. The first-order valence-electron chi connectivity index (χ1n) is 6.85. The predicted molar refractivity (Wildman–Crippen MR) is 87.3 cm³/mol. The summed E-state index contributed by atoms with van der Waals surface area (Å²) in [5, 5.41) is 5.58. The van der Waals surface area contributed by atoms with Crippen LogP contribution in [0.25, 0.3) is 0 Å². The third kappa shape index (κ3) is 4.76. The molecule has 21 heavy (non-hydrogen) atoms. The summed E-state index contributed by atoms with van der Waals surface area (Å²) >= 11 is 7.26. The highest BCUT2D eigenvalue weighted by molar-refractivity contribution is 7.12. The molecule has 0 bridgehead atoms. The number of rotatable bonds is 6. The second-order valence-corrected chi connectivity index (χ2v) is 6.19. The van der Waals surface area contributed by atoms with Gasteiger partial charge in [-0.2, -0.15) is 0 Å². The molecule has 0 fully saturated rings. The number of thiophene rings is 1. The van der Waals surface area contributed by atoms with Crippen molar-refractivity contribution in [2.45, 2.75) is 32.9 Å².